The Morgan fingerprint density at radius 1 is 1.30 bits per heavy atom. The van der Waals surface area contributed by atoms with Crippen LogP contribution < -0.4 is 9.64 Å². The molecule has 3 rings (SSSR count). The zero-order valence-electron chi connectivity index (χ0n) is 11.5. The quantitative estimate of drug-likeness (QED) is 0.911. The first-order valence-electron chi connectivity index (χ1n) is 6.85. The molecule has 0 bridgehead atoms. The van der Waals surface area contributed by atoms with Crippen LogP contribution >= 0.6 is 0 Å². The first-order valence-corrected chi connectivity index (χ1v) is 6.85. The number of anilines is 2. The fourth-order valence-corrected chi connectivity index (χ4v) is 2.52. The fraction of sp³-hybridized carbons (Fsp3) is 0.312. The molecule has 1 aliphatic rings. The first-order chi connectivity index (χ1) is 9.79. The minimum Gasteiger partial charge on any atom is -0.491 e. The van der Waals surface area contributed by atoms with Crippen LogP contribution in [0.3, 0.4) is 0 Å². The van der Waals surface area contributed by atoms with Gasteiger partial charge >= 0.3 is 0 Å². The normalized spacial score (nSPS) is 14.4. The highest BCUT2D eigenvalue weighted by atomic mass is 16.5. The van der Waals surface area contributed by atoms with Crippen molar-refractivity contribution in [2.75, 3.05) is 18.1 Å². The molecule has 0 saturated carbocycles. The van der Waals surface area contributed by atoms with Gasteiger partial charge in [0.15, 0.2) is 0 Å². The van der Waals surface area contributed by atoms with Crippen LogP contribution in [0.2, 0.25) is 0 Å². The lowest BCUT2D eigenvalue weighted by Crippen LogP contribution is -2.19. The lowest BCUT2D eigenvalue weighted by Gasteiger charge is -2.26. The Kier molecular flexibility index (Phi) is 3.56. The molecular weight excluding hydrogens is 252 g/mol. The maximum Gasteiger partial charge on any atom is 0.142 e. The van der Waals surface area contributed by atoms with Gasteiger partial charge in [-0.1, -0.05) is 12.1 Å². The van der Waals surface area contributed by atoms with Gasteiger partial charge in [-0.3, -0.25) is 4.98 Å². The summed E-state index contributed by atoms with van der Waals surface area (Å²) in [5, 5.41) is 9.56. The Morgan fingerprint density at radius 2 is 2.15 bits per heavy atom. The number of nitrogens with zero attached hydrogens (tertiary/aromatic N) is 2. The van der Waals surface area contributed by atoms with Crippen molar-refractivity contribution in [1.82, 2.24) is 4.98 Å². The molecule has 0 radical (unpaired) electrons. The van der Waals surface area contributed by atoms with E-state index in [1.54, 1.807) is 6.20 Å². The van der Waals surface area contributed by atoms with Crippen LogP contribution in [0.4, 0.5) is 11.4 Å². The molecule has 2 aromatic rings. The molecule has 1 aromatic carbocycles. The number of ether oxygens (including phenoxy) is 1. The topological polar surface area (TPSA) is 45.6 Å². The predicted octanol–water partition coefficient (Wildman–Crippen LogP) is 2.80. The minimum absolute atomic E-state index is 0.0118. The van der Waals surface area contributed by atoms with E-state index < -0.39 is 0 Å². The second-order valence-electron chi connectivity index (χ2n) is 4.93. The van der Waals surface area contributed by atoms with E-state index in [1.807, 2.05) is 31.2 Å². The predicted molar refractivity (Wildman–Crippen MR) is 78.5 cm³/mol. The van der Waals surface area contributed by atoms with Crippen LogP contribution in [0.25, 0.3) is 0 Å². The van der Waals surface area contributed by atoms with Gasteiger partial charge in [0.2, 0.25) is 0 Å². The number of rotatable bonds is 2. The van der Waals surface area contributed by atoms with Crippen molar-refractivity contribution in [2.24, 2.45) is 0 Å². The Labute approximate surface area is 118 Å². The number of fused-ring (bicyclic) bond motifs is 1. The second kappa shape index (κ2) is 5.51. The van der Waals surface area contributed by atoms with E-state index in [0.29, 0.717) is 6.61 Å². The van der Waals surface area contributed by atoms with E-state index in [9.17, 15) is 5.11 Å². The highest BCUT2D eigenvalue weighted by Gasteiger charge is 2.19. The number of hydrogen-bond donors (Lipinski definition) is 1. The largest absolute Gasteiger partial charge is 0.491 e. The number of aliphatic hydroxyl groups excluding tert-OH is 1. The summed E-state index contributed by atoms with van der Waals surface area (Å²) >= 11 is 0. The van der Waals surface area contributed by atoms with Gasteiger partial charge in [0.1, 0.15) is 5.75 Å². The van der Waals surface area contributed by atoms with Crippen molar-refractivity contribution in [1.29, 1.82) is 0 Å². The number of aryl methyl sites for hydroxylation is 1. The van der Waals surface area contributed by atoms with Gasteiger partial charge in [-0.15, -0.1) is 0 Å². The Morgan fingerprint density at radius 3 is 3.00 bits per heavy atom. The monoisotopic (exact) mass is 270 g/mol. The maximum absolute atomic E-state index is 9.56. The third-order valence-electron chi connectivity index (χ3n) is 3.50. The molecule has 0 atom stereocenters. The van der Waals surface area contributed by atoms with Crippen LogP contribution in [-0.2, 0) is 6.61 Å². The fourth-order valence-electron chi connectivity index (χ4n) is 2.52. The lowest BCUT2D eigenvalue weighted by molar-refractivity contribution is 0.281. The van der Waals surface area contributed by atoms with Gasteiger partial charge < -0.3 is 14.7 Å². The summed E-state index contributed by atoms with van der Waals surface area (Å²) in [5.74, 6) is 0.892. The standard InChI is InChI=1S/C16H18N2O2/c1-12-9-15(13(11-19)10-17-12)18-7-4-8-20-16-6-3-2-5-14(16)18/h2-3,5-6,9-10,19H,4,7-8,11H2,1H3. The molecule has 2 heterocycles. The van der Waals surface area contributed by atoms with Crippen LogP contribution in [-0.4, -0.2) is 23.2 Å². The average molecular weight is 270 g/mol. The van der Waals surface area contributed by atoms with E-state index in [1.165, 1.54) is 0 Å². The first kappa shape index (κ1) is 12.9. The van der Waals surface area contributed by atoms with E-state index in [-0.39, 0.29) is 6.61 Å². The van der Waals surface area contributed by atoms with Gasteiger partial charge in [-0.25, -0.2) is 0 Å². The van der Waals surface area contributed by atoms with E-state index in [2.05, 4.69) is 16.0 Å². The zero-order valence-corrected chi connectivity index (χ0v) is 11.5. The Balaban J connectivity index is 2.12. The number of hydrogen-bond acceptors (Lipinski definition) is 4. The molecule has 20 heavy (non-hydrogen) atoms. The van der Waals surface area contributed by atoms with Crippen molar-refractivity contribution in [3.8, 4) is 5.75 Å². The van der Waals surface area contributed by atoms with Crippen LogP contribution in [0, 0.1) is 6.92 Å². The van der Waals surface area contributed by atoms with Crippen LogP contribution in [0.5, 0.6) is 5.75 Å². The summed E-state index contributed by atoms with van der Waals surface area (Å²) in [7, 11) is 0. The van der Waals surface area contributed by atoms with Gasteiger partial charge in [-0.05, 0) is 31.5 Å². The average Bonchev–Trinajstić information content (AvgIpc) is 2.69. The van der Waals surface area contributed by atoms with Gasteiger partial charge in [-0.2, -0.15) is 0 Å². The SMILES string of the molecule is Cc1cc(N2CCCOc3ccccc32)c(CO)cn1. The molecule has 0 unspecified atom stereocenters. The van der Waals surface area contributed by atoms with Crippen LogP contribution in [0.1, 0.15) is 17.7 Å². The summed E-state index contributed by atoms with van der Waals surface area (Å²) in [4.78, 5) is 6.48. The van der Waals surface area contributed by atoms with Gasteiger partial charge in [0.05, 0.1) is 24.6 Å². The molecule has 0 saturated heterocycles. The highest BCUT2D eigenvalue weighted by Crippen LogP contribution is 2.37. The maximum atomic E-state index is 9.56. The van der Waals surface area contributed by atoms with Crippen molar-refractivity contribution in [3.05, 3.63) is 47.8 Å². The van der Waals surface area contributed by atoms with Gasteiger partial charge in [0, 0.05) is 24.0 Å². The number of aromatic nitrogens is 1. The van der Waals surface area contributed by atoms with E-state index in [0.717, 1.165) is 41.3 Å². The molecule has 0 spiro atoms. The summed E-state index contributed by atoms with van der Waals surface area (Å²) in [6.45, 7) is 3.53. The van der Waals surface area contributed by atoms with E-state index >= 15 is 0 Å². The van der Waals surface area contributed by atoms with Crippen molar-refractivity contribution < 1.29 is 9.84 Å². The molecule has 1 aliphatic heterocycles. The smallest absolute Gasteiger partial charge is 0.142 e. The number of benzene rings is 1. The molecule has 0 fully saturated rings. The molecule has 1 N–H and O–H groups in total. The van der Waals surface area contributed by atoms with Crippen molar-refractivity contribution in [2.45, 2.75) is 20.0 Å². The minimum atomic E-state index is -0.0118. The molecular formula is C16H18N2O2. The molecule has 104 valence electrons. The number of para-hydroxylation sites is 2. The third kappa shape index (κ3) is 2.34. The van der Waals surface area contributed by atoms with E-state index in [4.69, 9.17) is 4.74 Å². The second-order valence-corrected chi connectivity index (χ2v) is 4.93. The summed E-state index contributed by atoms with van der Waals surface area (Å²) in [5.41, 5.74) is 3.84. The summed E-state index contributed by atoms with van der Waals surface area (Å²) in [6.07, 6.45) is 2.69. The third-order valence-corrected chi connectivity index (χ3v) is 3.50. The molecule has 0 amide bonds. The summed E-state index contributed by atoms with van der Waals surface area (Å²) < 4.78 is 5.78. The zero-order chi connectivity index (χ0) is 13.9. The van der Waals surface area contributed by atoms with Crippen LogP contribution in [0.15, 0.2) is 36.5 Å². The molecule has 0 aliphatic carbocycles. The summed E-state index contributed by atoms with van der Waals surface area (Å²) in [6, 6.07) is 10.0. The van der Waals surface area contributed by atoms with Gasteiger partial charge in [0.25, 0.3) is 0 Å². The number of aliphatic hydroxyl groups is 1. The molecule has 4 nitrogen and oxygen atoms in total. The van der Waals surface area contributed by atoms with Crippen molar-refractivity contribution >= 4 is 11.4 Å². The Bertz CT molecular complexity index is 613. The Hall–Kier alpha value is -2.07. The molecule has 4 heteroatoms. The molecule has 1 aromatic heterocycles. The lowest BCUT2D eigenvalue weighted by atomic mass is 10.1. The highest BCUT2D eigenvalue weighted by molar-refractivity contribution is 5.71. The number of pyridine rings is 1. The van der Waals surface area contributed by atoms with Crippen molar-refractivity contribution in [3.63, 3.8) is 0 Å².